The Morgan fingerprint density at radius 1 is 0.413 bits per heavy atom. The summed E-state index contributed by atoms with van der Waals surface area (Å²) in [5, 5.41) is 12.2. The molecular weight excluding hydrogens is 576 g/mol. The van der Waals surface area contributed by atoms with Crippen LogP contribution in [0.2, 0.25) is 0 Å². The van der Waals surface area contributed by atoms with E-state index >= 15 is 0 Å². The fraction of sp³-hybridized carbons (Fsp3) is 0.895. The molecule has 4 unspecified atom stereocenters. The maximum atomic E-state index is 12.4. The van der Waals surface area contributed by atoms with Crippen molar-refractivity contribution in [1.82, 2.24) is 21.3 Å². The van der Waals surface area contributed by atoms with E-state index in [-0.39, 0.29) is 69.5 Å². The molecule has 0 aliphatic rings. The molecule has 0 aliphatic heterocycles. The highest BCUT2D eigenvalue weighted by Crippen LogP contribution is 2.20. The normalized spacial score (nSPS) is 14.6. The first kappa shape index (κ1) is 48.3. The minimum absolute atomic E-state index is 0.0350. The molecule has 0 fully saturated rings. The van der Waals surface area contributed by atoms with Crippen molar-refractivity contribution in [2.45, 2.75) is 198 Å². The van der Waals surface area contributed by atoms with Gasteiger partial charge in [-0.15, -0.1) is 0 Å². The monoisotopic (exact) mass is 655 g/mol. The second kappa shape index (κ2) is 22.4. The fourth-order valence-electron chi connectivity index (χ4n) is 3.52. The van der Waals surface area contributed by atoms with Gasteiger partial charge in [0.05, 0.1) is 0 Å². The van der Waals surface area contributed by atoms with Crippen LogP contribution in [0.25, 0.3) is 0 Å². The SMILES string of the molecule is CCC(C)C(=O)NC(C)(C)CC.CCC(C)C(=O)NC(C)(C)CC.CCC(CC(C)C(=O)NC(C)(C)CC)C(=O)NC(C)(C)CC. The summed E-state index contributed by atoms with van der Waals surface area (Å²) in [6.45, 7) is 36.4. The molecule has 0 heterocycles. The van der Waals surface area contributed by atoms with Crippen molar-refractivity contribution in [3.63, 3.8) is 0 Å². The van der Waals surface area contributed by atoms with Crippen molar-refractivity contribution < 1.29 is 19.2 Å². The van der Waals surface area contributed by atoms with Crippen LogP contribution in [0, 0.1) is 23.7 Å². The van der Waals surface area contributed by atoms with Gasteiger partial charge in [0.2, 0.25) is 23.6 Å². The summed E-state index contributed by atoms with van der Waals surface area (Å²) in [6, 6.07) is 0. The van der Waals surface area contributed by atoms with Crippen LogP contribution >= 0.6 is 0 Å². The predicted molar refractivity (Wildman–Crippen MR) is 197 cm³/mol. The molecule has 4 N–H and O–H groups in total. The first-order valence-corrected chi connectivity index (χ1v) is 18.1. The van der Waals surface area contributed by atoms with Gasteiger partial charge in [-0.1, -0.05) is 69.2 Å². The van der Waals surface area contributed by atoms with E-state index in [9.17, 15) is 19.2 Å². The summed E-state index contributed by atoms with van der Waals surface area (Å²) in [4.78, 5) is 47.6. The van der Waals surface area contributed by atoms with E-state index < -0.39 is 0 Å². The van der Waals surface area contributed by atoms with Gasteiger partial charge in [0.15, 0.2) is 0 Å². The van der Waals surface area contributed by atoms with Crippen LogP contribution < -0.4 is 21.3 Å². The lowest BCUT2D eigenvalue weighted by Gasteiger charge is -2.29. The fourth-order valence-corrected chi connectivity index (χ4v) is 3.52. The van der Waals surface area contributed by atoms with Gasteiger partial charge in [0.1, 0.15) is 0 Å². The molecular formula is C38H78N4O4. The third-order valence-electron chi connectivity index (χ3n) is 9.45. The molecule has 274 valence electrons. The molecule has 0 aromatic rings. The van der Waals surface area contributed by atoms with E-state index in [2.05, 4.69) is 49.0 Å². The Balaban J connectivity index is -0.000000654. The maximum absolute atomic E-state index is 12.4. The molecule has 0 bridgehead atoms. The number of nitrogens with one attached hydrogen (secondary N) is 4. The Morgan fingerprint density at radius 3 is 0.870 bits per heavy atom. The highest BCUT2D eigenvalue weighted by molar-refractivity contribution is 5.82. The highest BCUT2D eigenvalue weighted by atomic mass is 16.2. The van der Waals surface area contributed by atoms with E-state index in [1.165, 1.54) is 0 Å². The van der Waals surface area contributed by atoms with E-state index in [4.69, 9.17) is 0 Å². The Morgan fingerprint density at radius 2 is 0.652 bits per heavy atom. The van der Waals surface area contributed by atoms with Gasteiger partial charge in [-0.3, -0.25) is 19.2 Å². The van der Waals surface area contributed by atoms with E-state index in [0.29, 0.717) is 6.42 Å². The zero-order chi connectivity index (χ0) is 37.1. The molecule has 8 nitrogen and oxygen atoms in total. The molecule has 0 aromatic carbocycles. The Labute approximate surface area is 285 Å². The van der Waals surface area contributed by atoms with Gasteiger partial charge in [-0.2, -0.15) is 0 Å². The zero-order valence-corrected chi connectivity index (χ0v) is 33.6. The summed E-state index contributed by atoms with van der Waals surface area (Å²) in [7, 11) is 0. The van der Waals surface area contributed by atoms with Gasteiger partial charge >= 0.3 is 0 Å². The average molecular weight is 655 g/mol. The average Bonchev–Trinajstić information content (AvgIpc) is 2.98. The van der Waals surface area contributed by atoms with Crippen molar-refractivity contribution >= 4 is 23.6 Å². The lowest BCUT2D eigenvalue weighted by molar-refractivity contribution is -0.130. The second-order valence-corrected chi connectivity index (χ2v) is 15.8. The smallest absolute Gasteiger partial charge is 0.223 e. The second-order valence-electron chi connectivity index (χ2n) is 15.8. The van der Waals surface area contributed by atoms with Gasteiger partial charge in [0.25, 0.3) is 0 Å². The lowest BCUT2D eigenvalue weighted by atomic mass is 9.90. The topological polar surface area (TPSA) is 116 Å². The Hall–Kier alpha value is -2.12. The quantitative estimate of drug-likeness (QED) is 0.126. The largest absolute Gasteiger partial charge is 0.351 e. The predicted octanol–water partition coefficient (Wildman–Crippen LogP) is 8.32. The first-order chi connectivity index (χ1) is 20.8. The van der Waals surface area contributed by atoms with Crippen LogP contribution in [0.3, 0.4) is 0 Å². The van der Waals surface area contributed by atoms with Gasteiger partial charge in [-0.25, -0.2) is 0 Å². The molecule has 0 saturated carbocycles. The Bertz CT molecular complexity index is 859. The third-order valence-corrected chi connectivity index (χ3v) is 9.45. The number of hydrogen-bond donors (Lipinski definition) is 4. The zero-order valence-electron chi connectivity index (χ0n) is 33.6. The maximum Gasteiger partial charge on any atom is 0.223 e. The Kier molecular flexibility index (Phi) is 23.6. The molecule has 0 rings (SSSR count). The third kappa shape index (κ3) is 22.4. The molecule has 0 aliphatic carbocycles. The molecule has 4 amide bonds. The van der Waals surface area contributed by atoms with Crippen LogP contribution in [0.1, 0.15) is 176 Å². The molecule has 4 atom stereocenters. The van der Waals surface area contributed by atoms with Gasteiger partial charge in [-0.05, 0) is 107 Å². The number of carbonyl (C=O) groups is 4. The first-order valence-electron chi connectivity index (χ1n) is 18.1. The number of carbonyl (C=O) groups excluding carboxylic acids is 4. The van der Waals surface area contributed by atoms with E-state index in [0.717, 1.165) is 44.9 Å². The number of rotatable bonds is 17. The summed E-state index contributed by atoms with van der Waals surface area (Å²) < 4.78 is 0. The summed E-state index contributed by atoms with van der Waals surface area (Å²) in [5.41, 5.74) is -0.499. The van der Waals surface area contributed by atoms with E-state index in [1.807, 2.05) is 96.9 Å². The molecule has 0 aromatic heterocycles. The van der Waals surface area contributed by atoms with E-state index in [1.54, 1.807) is 0 Å². The van der Waals surface area contributed by atoms with Crippen LogP contribution in [0.5, 0.6) is 0 Å². The summed E-state index contributed by atoms with van der Waals surface area (Å²) >= 11 is 0. The standard InChI is InChI=1S/C18H36N2O2.2C10H21NO/c1-9-14(16(22)20-18(7,8)11-3)12-13(4)15(21)19-17(5,6)10-2;2*1-6-8(3)9(12)11-10(4,5)7-2/h13-14H,9-12H2,1-8H3,(H,19,21)(H,20,22);2*8H,6-7H2,1-5H3,(H,11,12). The minimum Gasteiger partial charge on any atom is -0.351 e. The summed E-state index contributed by atoms with van der Waals surface area (Å²) in [5.74, 6) is 0.430. The number of hydrogen-bond acceptors (Lipinski definition) is 4. The lowest BCUT2D eigenvalue weighted by Crippen LogP contribution is -2.47. The van der Waals surface area contributed by atoms with Crippen LogP contribution in [0.15, 0.2) is 0 Å². The molecule has 8 heteroatoms. The van der Waals surface area contributed by atoms with Crippen molar-refractivity contribution in [3.05, 3.63) is 0 Å². The van der Waals surface area contributed by atoms with Crippen molar-refractivity contribution in [3.8, 4) is 0 Å². The number of amides is 4. The molecule has 0 saturated heterocycles. The van der Waals surface area contributed by atoms with Gasteiger partial charge in [0, 0.05) is 45.8 Å². The van der Waals surface area contributed by atoms with Crippen LogP contribution in [-0.2, 0) is 19.2 Å². The highest BCUT2D eigenvalue weighted by Gasteiger charge is 2.29. The molecule has 46 heavy (non-hydrogen) atoms. The summed E-state index contributed by atoms with van der Waals surface area (Å²) in [6.07, 6.45) is 6.86. The minimum atomic E-state index is -0.195. The van der Waals surface area contributed by atoms with Crippen molar-refractivity contribution in [2.75, 3.05) is 0 Å². The van der Waals surface area contributed by atoms with Crippen LogP contribution in [-0.4, -0.2) is 45.8 Å². The van der Waals surface area contributed by atoms with Crippen molar-refractivity contribution in [2.24, 2.45) is 23.7 Å². The molecule has 0 radical (unpaired) electrons. The molecule has 0 spiro atoms. The van der Waals surface area contributed by atoms with Gasteiger partial charge < -0.3 is 21.3 Å². The van der Waals surface area contributed by atoms with Crippen molar-refractivity contribution in [1.29, 1.82) is 0 Å². The van der Waals surface area contributed by atoms with Crippen LogP contribution in [0.4, 0.5) is 0 Å².